The molecule has 0 saturated carbocycles. The van der Waals surface area contributed by atoms with Crippen LogP contribution in [0.1, 0.15) is 174 Å². The molecule has 8 heteroatoms. The molecule has 0 spiro atoms. The highest BCUT2D eigenvalue weighted by molar-refractivity contribution is 5.72. The van der Waals surface area contributed by atoms with Crippen LogP contribution in [0.4, 0.5) is 0 Å². The van der Waals surface area contributed by atoms with Gasteiger partial charge in [-0.25, -0.2) is 4.79 Å². The molecule has 0 aromatic carbocycles. The molecule has 0 aliphatic carbocycles. The first-order valence-electron chi connectivity index (χ1n) is 23.7. The van der Waals surface area contributed by atoms with E-state index < -0.39 is 18.1 Å². The summed E-state index contributed by atoms with van der Waals surface area (Å²) < 4.78 is 17.3. The lowest BCUT2D eigenvalue weighted by atomic mass is 10.0. The predicted octanol–water partition coefficient (Wildman–Crippen LogP) is 13.3. The predicted molar refractivity (Wildman–Crippen MR) is 252 cm³/mol. The Morgan fingerprint density at radius 2 is 0.967 bits per heavy atom. The summed E-state index contributed by atoms with van der Waals surface area (Å²) in [5.41, 5.74) is 0. The van der Waals surface area contributed by atoms with Crippen molar-refractivity contribution in [1.29, 1.82) is 0 Å². The number of carboxylic acid groups (broad SMARTS) is 1. The maximum absolute atomic E-state index is 12.8. The van der Waals surface area contributed by atoms with Gasteiger partial charge in [0, 0.05) is 19.3 Å². The molecular formula is C52H88NO7+. The average Bonchev–Trinajstić information content (AvgIpc) is 3.21. The summed E-state index contributed by atoms with van der Waals surface area (Å²) in [4.78, 5) is 37.1. The maximum atomic E-state index is 12.8. The van der Waals surface area contributed by atoms with E-state index in [1.807, 2.05) is 45.4 Å². The van der Waals surface area contributed by atoms with Crippen LogP contribution in [-0.4, -0.2) is 80.6 Å². The number of nitrogens with zero attached hydrogens (tertiary/aromatic N) is 1. The van der Waals surface area contributed by atoms with Crippen molar-refractivity contribution in [2.24, 2.45) is 0 Å². The number of esters is 2. The molecule has 0 bridgehead atoms. The molecular weight excluding hydrogens is 751 g/mol. The van der Waals surface area contributed by atoms with Crippen LogP contribution in [0.2, 0.25) is 0 Å². The number of quaternary nitrogens is 1. The first-order chi connectivity index (χ1) is 29.1. The second kappa shape index (κ2) is 42.2. The van der Waals surface area contributed by atoms with E-state index in [1.165, 1.54) is 57.8 Å². The Kier molecular flexibility index (Phi) is 39.8. The minimum Gasteiger partial charge on any atom is -0.477 e. The third kappa shape index (κ3) is 39.9. The van der Waals surface area contributed by atoms with Crippen molar-refractivity contribution < 1.29 is 38.2 Å². The summed E-state index contributed by atoms with van der Waals surface area (Å²) in [5, 5.41) is 9.64. The summed E-state index contributed by atoms with van der Waals surface area (Å²) in [7, 11) is 5.51. The molecule has 0 aliphatic heterocycles. The number of rotatable bonds is 41. The monoisotopic (exact) mass is 839 g/mol. The number of ether oxygens (including phenoxy) is 3. The molecule has 1 N–H and O–H groups in total. The number of hydrogen-bond donors (Lipinski definition) is 1. The normalized spacial score (nSPS) is 13.7. The molecule has 0 saturated heterocycles. The van der Waals surface area contributed by atoms with Crippen LogP contribution < -0.4 is 0 Å². The largest absolute Gasteiger partial charge is 0.477 e. The molecule has 0 aromatic heterocycles. The third-order valence-corrected chi connectivity index (χ3v) is 10.1. The molecule has 0 heterocycles. The summed E-state index contributed by atoms with van der Waals surface area (Å²) in [6.07, 6.45) is 54.8. The molecule has 0 radical (unpaired) electrons. The van der Waals surface area contributed by atoms with E-state index in [0.29, 0.717) is 19.3 Å². The fourth-order valence-corrected chi connectivity index (χ4v) is 6.53. The fraction of sp³-hybridized carbons (Fsp3) is 0.673. The van der Waals surface area contributed by atoms with E-state index in [-0.39, 0.29) is 36.2 Å². The van der Waals surface area contributed by atoms with Gasteiger partial charge in [-0.15, -0.1) is 0 Å². The van der Waals surface area contributed by atoms with Crippen molar-refractivity contribution in [2.75, 3.05) is 41.0 Å². The van der Waals surface area contributed by atoms with E-state index in [1.54, 1.807) is 0 Å². The first kappa shape index (κ1) is 56.5. The Bertz CT molecular complexity index is 1250. The third-order valence-electron chi connectivity index (χ3n) is 10.1. The zero-order valence-electron chi connectivity index (χ0n) is 38.9. The molecule has 342 valence electrons. The number of hydrogen-bond acceptors (Lipinski definition) is 6. The highest BCUT2D eigenvalue weighted by Gasteiger charge is 2.31. The van der Waals surface area contributed by atoms with Crippen LogP contribution in [-0.2, 0) is 28.6 Å². The highest BCUT2D eigenvalue weighted by atomic mass is 16.6. The highest BCUT2D eigenvalue weighted by Crippen LogP contribution is 2.15. The molecule has 2 atom stereocenters. The van der Waals surface area contributed by atoms with Gasteiger partial charge in [-0.3, -0.25) is 9.59 Å². The minimum absolute atomic E-state index is 0.0479. The molecule has 60 heavy (non-hydrogen) atoms. The van der Waals surface area contributed by atoms with Crippen molar-refractivity contribution >= 4 is 17.9 Å². The van der Waals surface area contributed by atoms with Crippen LogP contribution in [0.25, 0.3) is 0 Å². The van der Waals surface area contributed by atoms with Gasteiger partial charge in [0.1, 0.15) is 6.61 Å². The number of likely N-dealkylation sites (N-methyl/N-ethyl adjacent to an activating group) is 1. The smallest absolute Gasteiger partial charge is 0.362 e. The average molecular weight is 839 g/mol. The number of aliphatic carboxylic acids is 1. The second-order valence-corrected chi connectivity index (χ2v) is 16.7. The molecule has 0 amide bonds. The Labute approximate surface area is 367 Å². The van der Waals surface area contributed by atoms with Crippen molar-refractivity contribution in [3.05, 3.63) is 85.1 Å². The Balaban J connectivity index is 4.32. The Morgan fingerprint density at radius 1 is 0.517 bits per heavy atom. The number of allylic oxidation sites excluding steroid dienone is 14. The molecule has 0 rings (SSSR count). The van der Waals surface area contributed by atoms with Gasteiger partial charge in [0.25, 0.3) is 0 Å². The molecule has 0 aromatic rings. The molecule has 0 aliphatic rings. The molecule has 8 nitrogen and oxygen atoms in total. The summed E-state index contributed by atoms with van der Waals surface area (Å²) in [6, 6.07) is -0.623. The van der Waals surface area contributed by atoms with E-state index in [4.69, 9.17) is 14.2 Å². The number of carbonyl (C=O) groups excluding carboxylic acids is 2. The Hall–Kier alpha value is -3.49. The molecule has 0 fully saturated rings. The topological polar surface area (TPSA) is 99.1 Å². The number of unbranched alkanes of at least 4 members (excludes halogenated alkanes) is 16. The van der Waals surface area contributed by atoms with Crippen molar-refractivity contribution in [2.45, 2.75) is 187 Å². The molecule has 2 unspecified atom stereocenters. The lowest BCUT2D eigenvalue weighted by Gasteiger charge is -2.31. The van der Waals surface area contributed by atoms with E-state index in [0.717, 1.165) is 83.5 Å². The van der Waals surface area contributed by atoms with Crippen LogP contribution in [0, 0.1) is 0 Å². The van der Waals surface area contributed by atoms with Gasteiger partial charge in [-0.1, -0.05) is 176 Å². The fourth-order valence-electron chi connectivity index (χ4n) is 6.53. The van der Waals surface area contributed by atoms with E-state index >= 15 is 0 Å². The van der Waals surface area contributed by atoms with E-state index in [9.17, 15) is 19.5 Å². The quantitative estimate of drug-likeness (QED) is 0.0215. The van der Waals surface area contributed by atoms with Gasteiger partial charge >= 0.3 is 17.9 Å². The van der Waals surface area contributed by atoms with Crippen molar-refractivity contribution in [1.82, 2.24) is 0 Å². The van der Waals surface area contributed by atoms with Gasteiger partial charge in [0.2, 0.25) is 0 Å². The van der Waals surface area contributed by atoms with Crippen molar-refractivity contribution in [3.63, 3.8) is 0 Å². The van der Waals surface area contributed by atoms with Crippen LogP contribution in [0.5, 0.6) is 0 Å². The second-order valence-electron chi connectivity index (χ2n) is 16.7. The lowest BCUT2D eigenvalue weighted by Crippen LogP contribution is -2.50. The Morgan fingerprint density at radius 3 is 1.50 bits per heavy atom. The van der Waals surface area contributed by atoms with Crippen LogP contribution in [0.3, 0.4) is 0 Å². The van der Waals surface area contributed by atoms with E-state index in [2.05, 4.69) is 74.6 Å². The standard InChI is InChI=1S/C52H87NO7/c1-6-8-10-12-14-16-18-20-22-23-24-25-26-27-29-31-33-35-37-39-41-43-51(55)60-48(46-58-45-44-49(52(56)57)53(3,4)5)47-59-50(54)42-40-38-36-34-32-30-28-21-19-17-15-13-11-9-7-2/h8-11,13-17,19-22,28,48-49H,6-7,12,18,23-27,29-47H2,1-5H3/p+1/b10-8+,11-9+,15-13+,16-14+,19-17+,22-20+,28-21+. The number of carboxylic acids is 1. The van der Waals surface area contributed by atoms with Gasteiger partial charge in [0.15, 0.2) is 12.1 Å². The van der Waals surface area contributed by atoms with Crippen LogP contribution in [0.15, 0.2) is 85.1 Å². The zero-order chi connectivity index (χ0) is 44.2. The van der Waals surface area contributed by atoms with Gasteiger partial charge in [0.05, 0.1) is 34.4 Å². The minimum atomic E-state index is -0.882. The first-order valence-corrected chi connectivity index (χ1v) is 23.7. The van der Waals surface area contributed by atoms with Crippen molar-refractivity contribution in [3.8, 4) is 0 Å². The summed E-state index contributed by atoms with van der Waals surface area (Å²) in [6.45, 7) is 4.45. The van der Waals surface area contributed by atoms with Gasteiger partial charge in [-0.2, -0.15) is 0 Å². The maximum Gasteiger partial charge on any atom is 0.362 e. The number of carbonyl (C=O) groups is 3. The SMILES string of the molecule is CC/C=C/C=C/C=C/C=C/CCCCCCCC(=O)OCC(COCCC(C(=O)O)[N+](C)(C)C)OC(=O)CCCCCCCCCCCCC/C=C/C/C=C/C/C=C/CC. The zero-order valence-corrected chi connectivity index (χ0v) is 38.9. The lowest BCUT2D eigenvalue weighted by molar-refractivity contribution is -0.887. The summed E-state index contributed by atoms with van der Waals surface area (Å²) in [5.74, 6) is -1.51. The summed E-state index contributed by atoms with van der Waals surface area (Å²) >= 11 is 0. The van der Waals surface area contributed by atoms with Gasteiger partial charge in [-0.05, 0) is 64.2 Å². The van der Waals surface area contributed by atoms with Gasteiger partial charge < -0.3 is 23.8 Å². The van der Waals surface area contributed by atoms with Crippen LogP contribution >= 0.6 is 0 Å².